The first kappa shape index (κ1) is 16.7. The lowest BCUT2D eigenvalue weighted by molar-refractivity contribution is 0.139. The highest BCUT2D eigenvalue weighted by Gasteiger charge is 2.23. The van der Waals surface area contributed by atoms with Gasteiger partial charge in [-0.2, -0.15) is 0 Å². The summed E-state index contributed by atoms with van der Waals surface area (Å²) in [5.74, 6) is 1.51. The average molecular weight is 354 g/mol. The van der Waals surface area contributed by atoms with Gasteiger partial charge >= 0.3 is 6.03 Å². The molecule has 0 saturated carbocycles. The summed E-state index contributed by atoms with van der Waals surface area (Å²) in [5.41, 5.74) is 2.03. The van der Waals surface area contributed by atoms with Crippen molar-refractivity contribution in [1.29, 1.82) is 0 Å². The smallest absolute Gasteiger partial charge is 0.320 e. The number of carbonyl (C=O) groups excluding carboxylic acids is 1. The molecule has 2 aromatic rings. The van der Waals surface area contributed by atoms with Crippen molar-refractivity contribution in [3.8, 4) is 11.5 Å². The lowest BCUT2D eigenvalue weighted by Gasteiger charge is -2.30. The standard InChI is InChI=1S/C19H22N4O3/c24-19(23-9-7-20-8-10-23)22-18(26-16-2-1-6-21-13-16)15-3-4-17-14(12-15)5-11-25-17/h1-4,6,12-13,18,20H,5,7-11H2,(H,22,24). The Labute approximate surface area is 152 Å². The average Bonchev–Trinajstić information content (AvgIpc) is 3.17. The van der Waals surface area contributed by atoms with E-state index in [9.17, 15) is 4.79 Å². The highest BCUT2D eigenvalue weighted by atomic mass is 16.5. The number of amides is 2. The van der Waals surface area contributed by atoms with Crippen LogP contribution in [0.4, 0.5) is 4.79 Å². The summed E-state index contributed by atoms with van der Waals surface area (Å²) in [7, 11) is 0. The molecule has 2 aliphatic rings. The van der Waals surface area contributed by atoms with Crippen LogP contribution in [-0.2, 0) is 6.42 Å². The van der Waals surface area contributed by atoms with Gasteiger partial charge in [-0.15, -0.1) is 0 Å². The van der Waals surface area contributed by atoms with E-state index in [1.54, 1.807) is 23.4 Å². The van der Waals surface area contributed by atoms with Crippen LogP contribution in [0.5, 0.6) is 11.5 Å². The number of nitrogens with one attached hydrogen (secondary N) is 2. The predicted molar refractivity (Wildman–Crippen MR) is 96.2 cm³/mol. The zero-order valence-electron chi connectivity index (χ0n) is 14.5. The fraction of sp³-hybridized carbons (Fsp3) is 0.368. The molecule has 0 radical (unpaired) electrons. The molecule has 2 amide bonds. The van der Waals surface area contributed by atoms with Crippen molar-refractivity contribution >= 4 is 6.03 Å². The highest BCUT2D eigenvalue weighted by Crippen LogP contribution is 2.29. The van der Waals surface area contributed by atoms with Crippen LogP contribution in [0.3, 0.4) is 0 Å². The van der Waals surface area contributed by atoms with Gasteiger partial charge < -0.3 is 19.7 Å². The summed E-state index contributed by atoms with van der Waals surface area (Å²) in [6.45, 7) is 3.67. The van der Waals surface area contributed by atoms with Crippen molar-refractivity contribution in [2.24, 2.45) is 0 Å². The molecule has 7 nitrogen and oxygen atoms in total. The molecule has 7 heteroatoms. The van der Waals surface area contributed by atoms with Gasteiger partial charge in [0.05, 0.1) is 12.8 Å². The monoisotopic (exact) mass is 354 g/mol. The molecule has 1 fully saturated rings. The Bertz CT molecular complexity index is 763. The zero-order valence-corrected chi connectivity index (χ0v) is 14.5. The number of hydrogen-bond donors (Lipinski definition) is 2. The van der Waals surface area contributed by atoms with E-state index in [2.05, 4.69) is 15.6 Å². The van der Waals surface area contributed by atoms with Crippen molar-refractivity contribution in [1.82, 2.24) is 20.5 Å². The Hall–Kier alpha value is -2.80. The SMILES string of the molecule is O=C(NC(Oc1cccnc1)c1ccc2c(c1)CCO2)N1CCNCC1. The predicted octanol–water partition coefficient (Wildman–Crippen LogP) is 1.71. The number of ether oxygens (including phenoxy) is 2. The van der Waals surface area contributed by atoms with Crippen molar-refractivity contribution < 1.29 is 14.3 Å². The quantitative estimate of drug-likeness (QED) is 0.818. The van der Waals surface area contributed by atoms with E-state index < -0.39 is 6.23 Å². The lowest BCUT2D eigenvalue weighted by Crippen LogP contribution is -2.51. The number of nitrogens with zero attached hydrogens (tertiary/aromatic N) is 2. The summed E-state index contributed by atoms with van der Waals surface area (Å²) >= 11 is 0. The largest absolute Gasteiger partial charge is 0.493 e. The molecule has 0 bridgehead atoms. The molecular formula is C19H22N4O3. The first-order chi connectivity index (χ1) is 12.8. The van der Waals surface area contributed by atoms with E-state index in [4.69, 9.17) is 9.47 Å². The molecule has 26 heavy (non-hydrogen) atoms. The molecule has 4 rings (SSSR count). The van der Waals surface area contributed by atoms with Gasteiger partial charge in [-0.25, -0.2) is 4.79 Å². The van der Waals surface area contributed by atoms with E-state index >= 15 is 0 Å². The summed E-state index contributed by atoms with van der Waals surface area (Å²) in [5, 5.41) is 6.26. The van der Waals surface area contributed by atoms with E-state index in [1.807, 2.05) is 24.3 Å². The molecule has 1 unspecified atom stereocenters. The number of benzene rings is 1. The van der Waals surface area contributed by atoms with Crippen LogP contribution in [0, 0.1) is 0 Å². The first-order valence-electron chi connectivity index (χ1n) is 8.88. The normalized spacial score (nSPS) is 17.2. The van der Waals surface area contributed by atoms with Crippen LogP contribution in [-0.4, -0.2) is 48.7 Å². The molecule has 1 aromatic carbocycles. The molecule has 0 aliphatic carbocycles. The van der Waals surface area contributed by atoms with E-state index in [0.29, 0.717) is 25.4 Å². The summed E-state index contributed by atoms with van der Waals surface area (Å²) in [6.07, 6.45) is 3.61. The maximum absolute atomic E-state index is 12.7. The number of carbonyl (C=O) groups is 1. The van der Waals surface area contributed by atoms with Gasteiger partial charge in [0, 0.05) is 44.4 Å². The van der Waals surface area contributed by atoms with Crippen molar-refractivity contribution in [2.75, 3.05) is 32.8 Å². The number of hydrogen-bond acceptors (Lipinski definition) is 5. The minimum absolute atomic E-state index is 0.128. The topological polar surface area (TPSA) is 75.7 Å². The number of pyridine rings is 1. The molecule has 1 saturated heterocycles. The van der Waals surface area contributed by atoms with Gasteiger partial charge in [-0.3, -0.25) is 10.3 Å². The van der Waals surface area contributed by atoms with Gasteiger partial charge in [-0.05, 0) is 35.9 Å². The third-order valence-corrected chi connectivity index (χ3v) is 4.56. The fourth-order valence-electron chi connectivity index (χ4n) is 3.17. The summed E-state index contributed by atoms with van der Waals surface area (Å²) < 4.78 is 11.6. The maximum Gasteiger partial charge on any atom is 0.320 e. The van der Waals surface area contributed by atoms with Crippen LogP contribution >= 0.6 is 0 Å². The van der Waals surface area contributed by atoms with Crippen molar-refractivity contribution in [2.45, 2.75) is 12.6 Å². The molecular weight excluding hydrogens is 332 g/mol. The fourth-order valence-corrected chi connectivity index (χ4v) is 3.17. The Balaban J connectivity index is 1.55. The number of piperazine rings is 1. The van der Waals surface area contributed by atoms with Crippen molar-refractivity contribution in [3.05, 3.63) is 53.9 Å². The van der Waals surface area contributed by atoms with Gasteiger partial charge in [-0.1, -0.05) is 0 Å². The van der Waals surface area contributed by atoms with Crippen LogP contribution in [0.1, 0.15) is 17.4 Å². The second-order valence-electron chi connectivity index (χ2n) is 6.34. The summed E-state index contributed by atoms with van der Waals surface area (Å²) in [6, 6.07) is 9.42. The first-order valence-corrected chi connectivity index (χ1v) is 8.88. The van der Waals surface area contributed by atoms with Gasteiger partial charge in [0.1, 0.15) is 11.5 Å². The highest BCUT2D eigenvalue weighted by molar-refractivity contribution is 5.74. The molecule has 1 atom stereocenters. The molecule has 2 aliphatic heterocycles. The molecule has 2 N–H and O–H groups in total. The molecule has 136 valence electrons. The number of aromatic nitrogens is 1. The van der Waals surface area contributed by atoms with Crippen LogP contribution < -0.4 is 20.1 Å². The Morgan fingerprint density at radius 2 is 2.19 bits per heavy atom. The van der Waals surface area contributed by atoms with E-state index in [0.717, 1.165) is 36.4 Å². The molecule has 0 spiro atoms. The van der Waals surface area contributed by atoms with Crippen LogP contribution in [0.15, 0.2) is 42.7 Å². The maximum atomic E-state index is 12.7. The molecule has 1 aromatic heterocycles. The third kappa shape index (κ3) is 3.72. The Morgan fingerprint density at radius 1 is 1.31 bits per heavy atom. The lowest BCUT2D eigenvalue weighted by atomic mass is 10.1. The van der Waals surface area contributed by atoms with Crippen molar-refractivity contribution in [3.63, 3.8) is 0 Å². The van der Waals surface area contributed by atoms with E-state index in [-0.39, 0.29) is 6.03 Å². The summed E-state index contributed by atoms with van der Waals surface area (Å²) in [4.78, 5) is 18.6. The van der Waals surface area contributed by atoms with Gasteiger partial charge in [0.2, 0.25) is 0 Å². The Morgan fingerprint density at radius 3 is 3.00 bits per heavy atom. The second kappa shape index (κ2) is 7.61. The third-order valence-electron chi connectivity index (χ3n) is 4.56. The van der Waals surface area contributed by atoms with Crippen LogP contribution in [0.2, 0.25) is 0 Å². The van der Waals surface area contributed by atoms with E-state index in [1.165, 1.54) is 0 Å². The van der Waals surface area contributed by atoms with Crippen LogP contribution in [0.25, 0.3) is 0 Å². The Kier molecular flexibility index (Phi) is 4.88. The van der Waals surface area contributed by atoms with Gasteiger partial charge in [0.15, 0.2) is 6.23 Å². The minimum atomic E-state index is -0.590. The number of rotatable bonds is 4. The zero-order chi connectivity index (χ0) is 17.8. The minimum Gasteiger partial charge on any atom is -0.493 e. The molecule has 3 heterocycles. The second-order valence-corrected chi connectivity index (χ2v) is 6.34. The number of urea groups is 1. The number of fused-ring (bicyclic) bond motifs is 1. The van der Waals surface area contributed by atoms with Gasteiger partial charge in [0.25, 0.3) is 0 Å².